The zero-order chi connectivity index (χ0) is 21.0. The van der Waals surface area contributed by atoms with Gasteiger partial charge in [-0.3, -0.25) is 0 Å². The number of nitrogens with two attached hydrogens (primary N) is 2. The van der Waals surface area contributed by atoms with Crippen LogP contribution < -0.4 is 11.5 Å². The van der Waals surface area contributed by atoms with Crippen molar-refractivity contribution in [3.8, 4) is 0 Å². The predicted molar refractivity (Wildman–Crippen MR) is 112 cm³/mol. The lowest BCUT2D eigenvalue weighted by atomic mass is 10.2. The zero-order valence-corrected chi connectivity index (χ0v) is 18.0. The average molecular weight is 403 g/mol. The van der Waals surface area contributed by atoms with Gasteiger partial charge in [0, 0.05) is 26.2 Å². The summed E-state index contributed by atoms with van der Waals surface area (Å²) in [5, 5.41) is 0. The Balaban J connectivity index is 4.38. The van der Waals surface area contributed by atoms with Gasteiger partial charge in [-0.05, 0) is 51.6 Å². The van der Waals surface area contributed by atoms with Gasteiger partial charge in [0.1, 0.15) is 0 Å². The molecular weight excluding hydrogens is 360 g/mol. The lowest BCUT2D eigenvalue weighted by Crippen LogP contribution is -2.36. The first-order valence-corrected chi connectivity index (χ1v) is 10.8. The molecule has 0 fully saturated rings. The molecule has 0 aliphatic carbocycles. The van der Waals surface area contributed by atoms with Gasteiger partial charge >= 0.3 is 12.2 Å². The van der Waals surface area contributed by atoms with E-state index in [1.165, 1.54) is 0 Å². The minimum atomic E-state index is -0.277. The number of hydrogen-bond donors (Lipinski definition) is 2. The normalized spacial score (nSPS) is 10.6. The van der Waals surface area contributed by atoms with E-state index in [0.29, 0.717) is 52.5 Å². The van der Waals surface area contributed by atoms with Crippen molar-refractivity contribution in [3.05, 3.63) is 0 Å². The Morgan fingerprint density at radius 1 is 0.643 bits per heavy atom. The highest BCUT2D eigenvalue weighted by Gasteiger charge is 2.16. The maximum Gasteiger partial charge on any atom is 0.409 e. The second kappa shape index (κ2) is 18.8. The van der Waals surface area contributed by atoms with E-state index in [1.54, 1.807) is 9.80 Å². The van der Waals surface area contributed by atoms with E-state index in [9.17, 15) is 9.59 Å². The number of carbonyl (C=O) groups is 2. The average Bonchev–Trinajstić information content (AvgIpc) is 2.69. The zero-order valence-electron chi connectivity index (χ0n) is 18.0. The van der Waals surface area contributed by atoms with Crippen LogP contribution in [0.1, 0.15) is 65.2 Å². The van der Waals surface area contributed by atoms with Crippen LogP contribution in [0.15, 0.2) is 0 Å². The molecule has 0 aromatic heterocycles. The fourth-order valence-corrected chi connectivity index (χ4v) is 2.55. The minimum Gasteiger partial charge on any atom is -0.449 e. The molecule has 0 aliphatic rings. The van der Waals surface area contributed by atoms with E-state index in [2.05, 4.69) is 13.8 Å². The molecule has 8 nitrogen and oxygen atoms in total. The molecule has 0 heterocycles. The second-order valence-corrected chi connectivity index (χ2v) is 6.90. The molecule has 0 spiro atoms. The molecule has 2 amide bonds. The molecule has 0 aliphatic heterocycles. The minimum absolute atomic E-state index is 0.277. The SMILES string of the molecule is CCCCOC(=O)N(CCCN)CCCCN(CCCN)C(=O)OCCCC. The summed E-state index contributed by atoms with van der Waals surface area (Å²) in [7, 11) is 0. The van der Waals surface area contributed by atoms with Crippen LogP contribution in [0.4, 0.5) is 9.59 Å². The van der Waals surface area contributed by atoms with Gasteiger partial charge in [-0.25, -0.2) is 9.59 Å². The fourth-order valence-electron chi connectivity index (χ4n) is 2.55. The Morgan fingerprint density at radius 2 is 1.00 bits per heavy atom. The molecule has 4 N–H and O–H groups in total. The highest BCUT2D eigenvalue weighted by molar-refractivity contribution is 5.68. The summed E-state index contributed by atoms with van der Waals surface area (Å²) in [5.74, 6) is 0. The third-order valence-electron chi connectivity index (χ3n) is 4.33. The van der Waals surface area contributed by atoms with Crippen LogP contribution in [-0.2, 0) is 9.47 Å². The van der Waals surface area contributed by atoms with Crippen molar-refractivity contribution in [1.29, 1.82) is 0 Å². The first kappa shape index (κ1) is 26.5. The number of nitrogens with zero attached hydrogens (tertiary/aromatic N) is 2. The Bertz CT molecular complexity index is 360. The summed E-state index contributed by atoms with van der Waals surface area (Å²) >= 11 is 0. The topological polar surface area (TPSA) is 111 Å². The van der Waals surface area contributed by atoms with E-state index < -0.39 is 0 Å². The molecule has 166 valence electrons. The van der Waals surface area contributed by atoms with Crippen molar-refractivity contribution in [2.75, 3.05) is 52.5 Å². The molecule has 0 rings (SSSR count). The first-order chi connectivity index (χ1) is 13.6. The van der Waals surface area contributed by atoms with Crippen LogP contribution >= 0.6 is 0 Å². The largest absolute Gasteiger partial charge is 0.449 e. The summed E-state index contributed by atoms with van der Waals surface area (Å²) in [6.07, 6.45) is 6.22. The van der Waals surface area contributed by atoms with Crippen LogP contribution in [0.25, 0.3) is 0 Å². The number of unbranched alkanes of at least 4 members (excludes halogenated alkanes) is 3. The first-order valence-electron chi connectivity index (χ1n) is 10.8. The molecule has 0 radical (unpaired) electrons. The van der Waals surface area contributed by atoms with Crippen molar-refractivity contribution in [2.45, 2.75) is 65.2 Å². The lowest BCUT2D eigenvalue weighted by Gasteiger charge is -2.24. The van der Waals surface area contributed by atoms with Gasteiger partial charge in [0.05, 0.1) is 13.2 Å². The molecule has 0 saturated heterocycles. The van der Waals surface area contributed by atoms with Crippen LogP contribution in [0, 0.1) is 0 Å². The lowest BCUT2D eigenvalue weighted by molar-refractivity contribution is 0.0944. The van der Waals surface area contributed by atoms with E-state index >= 15 is 0 Å². The van der Waals surface area contributed by atoms with Crippen LogP contribution in [0.2, 0.25) is 0 Å². The number of ether oxygens (including phenoxy) is 2. The number of carbonyl (C=O) groups excluding carboxylic acids is 2. The van der Waals surface area contributed by atoms with Gasteiger partial charge in [0.25, 0.3) is 0 Å². The Labute approximate surface area is 170 Å². The van der Waals surface area contributed by atoms with Gasteiger partial charge in [0.15, 0.2) is 0 Å². The summed E-state index contributed by atoms with van der Waals surface area (Å²) in [6, 6.07) is 0. The molecular formula is C20H42N4O4. The van der Waals surface area contributed by atoms with E-state index in [-0.39, 0.29) is 12.2 Å². The smallest absolute Gasteiger partial charge is 0.409 e. The number of hydrogen-bond acceptors (Lipinski definition) is 6. The standard InChI is InChI=1S/C20H42N4O4/c1-3-5-17-27-19(25)23(15-9-11-21)13-7-8-14-24(16-10-12-22)20(26)28-18-6-4-2/h3-18,21-22H2,1-2H3. The highest BCUT2D eigenvalue weighted by Crippen LogP contribution is 2.05. The van der Waals surface area contributed by atoms with Crippen molar-refractivity contribution >= 4 is 12.2 Å². The number of amides is 2. The molecule has 8 heteroatoms. The van der Waals surface area contributed by atoms with Crippen molar-refractivity contribution in [2.24, 2.45) is 11.5 Å². The highest BCUT2D eigenvalue weighted by atomic mass is 16.6. The van der Waals surface area contributed by atoms with Gasteiger partial charge in [-0.1, -0.05) is 26.7 Å². The quantitative estimate of drug-likeness (QED) is 0.362. The molecule has 0 bridgehead atoms. The third kappa shape index (κ3) is 13.6. The van der Waals surface area contributed by atoms with Gasteiger partial charge in [0.2, 0.25) is 0 Å². The molecule has 0 aromatic carbocycles. The van der Waals surface area contributed by atoms with E-state index in [4.69, 9.17) is 20.9 Å². The third-order valence-corrected chi connectivity index (χ3v) is 4.33. The van der Waals surface area contributed by atoms with Crippen LogP contribution in [0.5, 0.6) is 0 Å². The van der Waals surface area contributed by atoms with Crippen LogP contribution in [0.3, 0.4) is 0 Å². The number of rotatable bonds is 17. The van der Waals surface area contributed by atoms with E-state index in [1.807, 2.05) is 0 Å². The molecule has 0 atom stereocenters. The summed E-state index contributed by atoms with van der Waals surface area (Å²) in [4.78, 5) is 27.9. The van der Waals surface area contributed by atoms with Gasteiger partial charge in [-0.2, -0.15) is 0 Å². The fraction of sp³-hybridized carbons (Fsp3) is 0.900. The van der Waals surface area contributed by atoms with Crippen molar-refractivity contribution in [3.63, 3.8) is 0 Å². The summed E-state index contributed by atoms with van der Waals surface area (Å²) in [6.45, 7) is 8.48. The second-order valence-electron chi connectivity index (χ2n) is 6.90. The molecule has 0 unspecified atom stereocenters. The van der Waals surface area contributed by atoms with Gasteiger partial charge < -0.3 is 30.7 Å². The summed E-state index contributed by atoms with van der Waals surface area (Å²) < 4.78 is 10.6. The molecule has 0 saturated carbocycles. The van der Waals surface area contributed by atoms with Crippen molar-refractivity contribution in [1.82, 2.24) is 9.80 Å². The van der Waals surface area contributed by atoms with Crippen molar-refractivity contribution < 1.29 is 19.1 Å². The van der Waals surface area contributed by atoms with E-state index in [0.717, 1.165) is 51.4 Å². The molecule has 28 heavy (non-hydrogen) atoms. The maximum absolute atomic E-state index is 12.2. The predicted octanol–water partition coefficient (Wildman–Crippen LogP) is 2.94. The van der Waals surface area contributed by atoms with Crippen LogP contribution in [-0.4, -0.2) is 74.5 Å². The Morgan fingerprint density at radius 3 is 1.32 bits per heavy atom. The Hall–Kier alpha value is -1.54. The monoisotopic (exact) mass is 402 g/mol. The maximum atomic E-state index is 12.2. The van der Waals surface area contributed by atoms with Gasteiger partial charge in [-0.15, -0.1) is 0 Å². The summed E-state index contributed by atoms with van der Waals surface area (Å²) in [5.41, 5.74) is 11.2. The molecule has 0 aromatic rings. The Kier molecular flexibility index (Phi) is 17.8.